The molecule has 92 valence electrons. The summed E-state index contributed by atoms with van der Waals surface area (Å²) in [6.07, 6.45) is 0. The van der Waals surface area contributed by atoms with E-state index in [0.717, 1.165) is 0 Å². The third-order valence-corrected chi connectivity index (χ3v) is 0. The van der Waals surface area contributed by atoms with Gasteiger partial charge >= 0.3 is 0 Å². The van der Waals surface area contributed by atoms with Gasteiger partial charge in [-0.05, 0) is 0 Å². The van der Waals surface area contributed by atoms with Gasteiger partial charge in [0.2, 0.25) is 0 Å². The predicted molar refractivity (Wildman–Crippen MR) is 80.5 cm³/mol. The molecule has 0 aromatic rings. The molecule has 0 aromatic carbocycles. The molecular weight excluding hydrogens is 184 g/mol. The number of methoxy groups -OCH3 is 1. The zero-order chi connectivity index (χ0) is 14.7. The van der Waals surface area contributed by atoms with Crippen molar-refractivity contribution >= 4 is 0 Å². The van der Waals surface area contributed by atoms with Crippen LogP contribution in [0.25, 0.3) is 0 Å². The maximum atomic E-state index is 4.25. The third-order valence-electron chi connectivity index (χ3n) is 0. The molecule has 0 atom stereocenters. The molecule has 0 amide bonds. The molecule has 0 saturated heterocycles. The molecule has 0 saturated carbocycles. The summed E-state index contributed by atoms with van der Waals surface area (Å²) >= 11 is 0. The zero-order valence-corrected chi connectivity index (χ0v) is 10.9. The van der Waals surface area contributed by atoms with Crippen molar-refractivity contribution < 1.29 is 4.74 Å². The minimum absolute atomic E-state index is 1.62. The molecule has 0 spiro atoms. The molecule has 1 heteroatoms. The maximum absolute atomic E-state index is 4.25. The summed E-state index contributed by atoms with van der Waals surface area (Å²) in [5.74, 6) is 0. The van der Waals surface area contributed by atoms with Crippen LogP contribution in [0.2, 0.25) is 0 Å². The van der Waals surface area contributed by atoms with Crippen LogP contribution in [0, 0.1) is 0 Å². The summed E-state index contributed by atoms with van der Waals surface area (Å²) in [5, 5.41) is 0. The molecular formula is C14H30O. The molecule has 0 rings (SSSR count). The predicted octanol–water partition coefficient (Wildman–Crippen LogP) is 5.08. The fraction of sp³-hybridized carbons (Fsp3) is 0.143. The highest BCUT2D eigenvalue weighted by Gasteiger charge is 1.25. The van der Waals surface area contributed by atoms with Gasteiger partial charge in [0, 0.05) is 14.2 Å². The number of hydrogen-bond acceptors (Lipinski definition) is 1. The lowest BCUT2D eigenvalue weighted by Crippen LogP contribution is -1.55. The molecule has 0 bridgehead atoms. The van der Waals surface area contributed by atoms with Crippen molar-refractivity contribution in [2.75, 3.05) is 14.2 Å². The molecule has 0 N–H and O–H groups in total. The van der Waals surface area contributed by atoms with Crippen molar-refractivity contribution in [1.82, 2.24) is 0 Å². The average Bonchev–Trinajstić information content (AvgIpc) is 2.44. The first-order chi connectivity index (χ1) is 7.41. The van der Waals surface area contributed by atoms with Gasteiger partial charge in [0.25, 0.3) is 0 Å². The fourth-order valence-electron chi connectivity index (χ4n) is 0. The van der Waals surface area contributed by atoms with E-state index in [4.69, 9.17) is 0 Å². The first kappa shape index (κ1) is 50.3. The standard InChI is InChI=1S/C2H6O.6C2H4/c1-3-2;6*1-2/h1-2H3;6*1-2H2. The summed E-state index contributed by atoms with van der Waals surface area (Å²) in [4.78, 5) is 0. The van der Waals surface area contributed by atoms with Gasteiger partial charge in [-0.15, -0.1) is 78.9 Å². The van der Waals surface area contributed by atoms with E-state index in [-0.39, 0.29) is 0 Å². The van der Waals surface area contributed by atoms with Crippen LogP contribution in [0.3, 0.4) is 0 Å². The van der Waals surface area contributed by atoms with E-state index in [2.05, 4.69) is 83.7 Å². The smallest absolute Gasteiger partial charge is 0.0351 e. The molecule has 0 unspecified atom stereocenters. The van der Waals surface area contributed by atoms with E-state index in [1.807, 2.05) is 0 Å². The highest BCUT2D eigenvalue weighted by molar-refractivity contribution is 4.23. The third kappa shape index (κ3) is 524. The van der Waals surface area contributed by atoms with Crippen molar-refractivity contribution in [1.29, 1.82) is 0 Å². The summed E-state index contributed by atoms with van der Waals surface area (Å²) < 4.78 is 4.25. The lowest BCUT2D eigenvalue weighted by molar-refractivity contribution is 0.277. The first-order valence-corrected chi connectivity index (χ1v) is 3.82. The number of ether oxygens (including phenoxy) is 1. The second-order valence-corrected chi connectivity index (χ2v) is 0.408. The van der Waals surface area contributed by atoms with E-state index in [9.17, 15) is 0 Å². The van der Waals surface area contributed by atoms with E-state index in [1.165, 1.54) is 0 Å². The first-order valence-electron chi connectivity index (χ1n) is 3.82. The fourth-order valence-corrected chi connectivity index (χ4v) is 0. The lowest BCUT2D eigenvalue weighted by Gasteiger charge is -1.61. The van der Waals surface area contributed by atoms with Crippen LogP contribution < -0.4 is 0 Å². The van der Waals surface area contributed by atoms with Gasteiger partial charge in [0.05, 0.1) is 0 Å². The zero-order valence-electron chi connectivity index (χ0n) is 10.9. The highest BCUT2D eigenvalue weighted by atomic mass is 16.4. The normalized spacial score (nSPS) is 2.80. The molecule has 0 heterocycles. The van der Waals surface area contributed by atoms with Crippen molar-refractivity contribution in [3.8, 4) is 0 Å². The Morgan fingerprint density at radius 3 is 0.400 bits per heavy atom. The molecule has 0 radical (unpaired) electrons. The van der Waals surface area contributed by atoms with Crippen molar-refractivity contribution in [3.63, 3.8) is 0 Å². The topological polar surface area (TPSA) is 9.23 Å². The molecule has 0 aliphatic carbocycles. The maximum Gasteiger partial charge on any atom is 0.0351 e. The Bertz CT molecular complexity index is 29.1. The van der Waals surface area contributed by atoms with Gasteiger partial charge in [0.15, 0.2) is 0 Å². The van der Waals surface area contributed by atoms with Crippen LogP contribution in [-0.2, 0) is 4.74 Å². The molecule has 0 aliphatic heterocycles. The van der Waals surface area contributed by atoms with Gasteiger partial charge < -0.3 is 4.74 Å². The lowest BCUT2D eigenvalue weighted by atomic mass is 11.3. The summed E-state index contributed by atoms with van der Waals surface area (Å²) in [6, 6.07) is 0. The Labute approximate surface area is 98.5 Å². The van der Waals surface area contributed by atoms with Gasteiger partial charge in [-0.2, -0.15) is 0 Å². The minimum atomic E-state index is 1.62. The van der Waals surface area contributed by atoms with Gasteiger partial charge in [-0.25, -0.2) is 0 Å². The largest absolute Gasteiger partial charge is 0.388 e. The van der Waals surface area contributed by atoms with Crippen LogP contribution in [0.15, 0.2) is 78.9 Å². The second-order valence-electron chi connectivity index (χ2n) is 0.408. The van der Waals surface area contributed by atoms with Gasteiger partial charge in [-0.1, -0.05) is 0 Å². The molecule has 1 nitrogen and oxygen atoms in total. The van der Waals surface area contributed by atoms with Gasteiger partial charge in [-0.3, -0.25) is 0 Å². The molecule has 15 heavy (non-hydrogen) atoms. The van der Waals surface area contributed by atoms with Crippen molar-refractivity contribution in [2.24, 2.45) is 0 Å². The summed E-state index contributed by atoms with van der Waals surface area (Å²) in [6.45, 7) is 36.0. The van der Waals surface area contributed by atoms with E-state index in [0.29, 0.717) is 0 Å². The molecule has 0 fully saturated rings. The Morgan fingerprint density at radius 2 is 0.400 bits per heavy atom. The quantitative estimate of drug-likeness (QED) is 0.511. The summed E-state index contributed by atoms with van der Waals surface area (Å²) in [7, 11) is 3.25. The number of hydrogen-bond donors (Lipinski definition) is 0. The Balaban J connectivity index is -0.0000000101. The van der Waals surface area contributed by atoms with Crippen molar-refractivity contribution in [3.05, 3.63) is 78.9 Å². The summed E-state index contributed by atoms with van der Waals surface area (Å²) in [5.41, 5.74) is 0. The highest BCUT2D eigenvalue weighted by Crippen LogP contribution is 1.28. The monoisotopic (exact) mass is 214 g/mol. The Hall–Kier alpha value is -1.60. The van der Waals surface area contributed by atoms with Crippen LogP contribution >= 0.6 is 0 Å². The van der Waals surface area contributed by atoms with E-state index < -0.39 is 0 Å². The second kappa shape index (κ2) is 4480. The van der Waals surface area contributed by atoms with Crippen LogP contribution in [-0.4, -0.2) is 14.2 Å². The average molecular weight is 214 g/mol. The van der Waals surface area contributed by atoms with Crippen LogP contribution in [0.1, 0.15) is 0 Å². The minimum Gasteiger partial charge on any atom is -0.388 e. The Kier molecular flexibility index (Phi) is 15000. The van der Waals surface area contributed by atoms with E-state index in [1.54, 1.807) is 14.2 Å². The molecule has 0 aliphatic rings. The Morgan fingerprint density at radius 1 is 0.400 bits per heavy atom. The van der Waals surface area contributed by atoms with E-state index >= 15 is 0 Å². The SMILES string of the molecule is C=C.C=C.C=C.C=C.C=C.C=C.COC. The van der Waals surface area contributed by atoms with Crippen molar-refractivity contribution in [2.45, 2.75) is 0 Å². The van der Waals surface area contributed by atoms with Gasteiger partial charge in [0.1, 0.15) is 0 Å². The molecule has 0 aromatic heterocycles. The number of rotatable bonds is 0. The van der Waals surface area contributed by atoms with Crippen LogP contribution in [0.4, 0.5) is 0 Å². The van der Waals surface area contributed by atoms with Crippen LogP contribution in [0.5, 0.6) is 0 Å².